The highest BCUT2D eigenvalue weighted by Crippen LogP contribution is 2.42. The van der Waals surface area contributed by atoms with Gasteiger partial charge in [0, 0.05) is 69.9 Å². The number of ether oxygens (including phenoxy) is 2. The molecule has 0 fully saturated rings. The minimum Gasteiger partial charge on any atom is -0.481 e. The normalized spacial score (nSPS) is 12.0. The highest BCUT2D eigenvalue weighted by Gasteiger charge is 2.24. The fraction of sp³-hybridized carbons (Fsp3) is 0.477. The molecule has 58 heavy (non-hydrogen) atoms. The monoisotopic (exact) mass is 822 g/mol. The smallest absolute Gasteiger partial charge is 0.330 e. The van der Waals surface area contributed by atoms with Crippen LogP contribution in [0.4, 0.5) is 14.9 Å². The van der Waals surface area contributed by atoms with Crippen molar-refractivity contribution in [3.05, 3.63) is 96.5 Å². The van der Waals surface area contributed by atoms with Gasteiger partial charge in [0.05, 0.1) is 24.4 Å². The van der Waals surface area contributed by atoms with E-state index in [0.717, 1.165) is 58.4 Å². The second kappa shape index (κ2) is 22.8. The lowest BCUT2D eigenvalue weighted by atomic mass is 9.95. The van der Waals surface area contributed by atoms with Crippen LogP contribution in [-0.4, -0.2) is 71.9 Å². The lowest BCUT2D eigenvalue weighted by Crippen LogP contribution is -2.40. The molecule has 0 bridgehead atoms. The van der Waals surface area contributed by atoms with E-state index in [9.17, 15) is 19.2 Å². The maximum absolute atomic E-state index is 15.3. The van der Waals surface area contributed by atoms with Crippen LogP contribution in [0, 0.1) is 18.7 Å². The van der Waals surface area contributed by atoms with Crippen molar-refractivity contribution in [3.63, 3.8) is 0 Å². The average Bonchev–Trinajstić information content (AvgIpc) is 3.71. The zero-order valence-corrected chi connectivity index (χ0v) is 36.4. The number of aromatic nitrogens is 3. The number of nitrogens with one attached hydrogen (secondary N) is 2. The van der Waals surface area contributed by atoms with Crippen LogP contribution in [0.3, 0.4) is 0 Å². The summed E-state index contributed by atoms with van der Waals surface area (Å²) in [6.07, 6.45) is 8.77. The number of urea groups is 1. The molecule has 0 aliphatic heterocycles. The van der Waals surface area contributed by atoms with Gasteiger partial charge in [-0.25, -0.2) is 19.0 Å². The summed E-state index contributed by atoms with van der Waals surface area (Å²) in [5, 5.41) is 5.57. The molecular weight excluding hydrogens is 763 g/mol. The molecule has 14 heteroatoms. The third kappa shape index (κ3) is 11.6. The average molecular weight is 823 g/mol. The molecule has 2 N–H and O–H groups in total. The van der Waals surface area contributed by atoms with Gasteiger partial charge >= 0.3 is 11.7 Å². The summed E-state index contributed by atoms with van der Waals surface area (Å²) < 4.78 is 27.9. The van der Waals surface area contributed by atoms with E-state index >= 15 is 4.39 Å². The lowest BCUT2D eigenvalue weighted by Gasteiger charge is -2.22. The van der Waals surface area contributed by atoms with Crippen LogP contribution in [0.2, 0.25) is 5.02 Å². The summed E-state index contributed by atoms with van der Waals surface area (Å²) in [4.78, 5) is 55.6. The zero-order chi connectivity index (χ0) is 43.1. The maximum Gasteiger partial charge on any atom is 0.330 e. The van der Waals surface area contributed by atoms with E-state index in [1.165, 1.54) is 45.6 Å². The van der Waals surface area contributed by atoms with Gasteiger partial charge in [-0.05, 0) is 79.5 Å². The molecule has 12 nitrogen and oxygen atoms in total. The van der Waals surface area contributed by atoms with Gasteiger partial charge in [0.25, 0.3) is 11.5 Å². The number of methoxy groups -OCH3 is 2. The molecule has 1 atom stereocenters. The van der Waals surface area contributed by atoms with Crippen LogP contribution in [0.5, 0.6) is 5.88 Å². The number of carbonyl (C=O) groups is 2. The van der Waals surface area contributed by atoms with Gasteiger partial charge in [0.2, 0.25) is 5.88 Å². The predicted molar refractivity (Wildman–Crippen MR) is 231 cm³/mol. The van der Waals surface area contributed by atoms with Crippen molar-refractivity contribution in [1.82, 2.24) is 24.3 Å². The number of benzene rings is 2. The number of anilines is 1. The second-order valence-corrected chi connectivity index (χ2v) is 14.4. The Morgan fingerprint density at radius 3 is 2.43 bits per heavy atom. The Morgan fingerprint density at radius 1 is 1.05 bits per heavy atom. The first-order valence-corrected chi connectivity index (χ1v) is 20.3. The summed E-state index contributed by atoms with van der Waals surface area (Å²) in [5.74, 6) is 0.117. The Hall–Kier alpha value is -5.01. The van der Waals surface area contributed by atoms with Crippen molar-refractivity contribution < 1.29 is 23.5 Å². The minimum atomic E-state index is -0.719. The SMILES string of the molecule is CC.CCC(C)CCCCN(CCOC)C(=O)NC.COc1nc(-c2ccc(F)c(-c3cccc(NC(=O)c4cn(C)c(=O)n(C)c4=O)c3C)c2Cl)cc2c1CCC2. The molecule has 2 aromatic carbocycles. The number of amides is 3. The van der Waals surface area contributed by atoms with Crippen molar-refractivity contribution >= 4 is 29.2 Å². The number of halogens is 2. The fourth-order valence-electron chi connectivity index (χ4n) is 6.72. The number of fused-ring (bicyclic) bond motifs is 1. The van der Waals surface area contributed by atoms with E-state index in [1.807, 2.05) is 24.8 Å². The van der Waals surface area contributed by atoms with Crippen LogP contribution in [-0.2, 0) is 31.7 Å². The standard InChI is InChI=1S/C29H26ClFN4O4.C13H28N2O2.C2H6/c1-15-17(8-6-10-22(15)32-26(36)20-14-34(2)29(38)35(3)28(20)37)24-21(31)12-11-19(25(24)30)23-13-16-7-5-9-18(16)27(33-23)39-4;1-5-12(2)8-6-7-9-15(10-11-17-4)13(16)14-3;1-2/h6,8,10-14H,5,7,9H2,1-4H3,(H,32,36);12H,5-11H2,1-4H3,(H,14,16);1-2H3. The van der Waals surface area contributed by atoms with Gasteiger partial charge in [0.1, 0.15) is 11.4 Å². The Labute approximate surface area is 346 Å². The van der Waals surface area contributed by atoms with Gasteiger partial charge in [-0.3, -0.25) is 14.2 Å². The third-order valence-electron chi connectivity index (χ3n) is 10.3. The van der Waals surface area contributed by atoms with Crippen LogP contribution < -0.4 is 26.6 Å². The van der Waals surface area contributed by atoms with Gasteiger partial charge in [-0.2, -0.15) is 0 Å². The van der Waals surface area contributed by atoms with E-state index in [2.05, 4.69) is 29.5 Å². The van der Waals surface area contributed by atoms with Crippen molar-refractivity contribution in [2.24, 2.45) is 20.0 Å². The van der Waals surface area contributed by atoms with E-state index in [-0.39, 0.29) is 22.2 Å². The first-order valence-electron chi connectivity index (χ1n) is 20.0. The van der Waals surface area contributed by atoms with Crippen molar-refractivity contribution in [1.29, 1.82) is 0 Å². The van der Waals surface area contributed by atoms with Gasteiger partial charge < -0.3 is 29.6 Å². The van der Waals surface area contributed by atoms with E-state index in [4.69, 9.17) is 21.1 Å². The summed E-state index contributed by atoms with van der Waals surface area (Å²) in [7, 11) is 7.66. The molecule has 316 valence electrons. The first-order chi connectivity index (χ1) is 27.8. The van der Waals surface area contributed by atoms with E-state index < -0.39 is 23.0 Å². The van der Waals surface area contributed by atoms with Gasteiger partial charge in [-0.1, -0.05) is 70.7 Å². The Morgan fingerprint density at radius 2 is 1.78 bits per heavy atom. The molecular formula is C44H60ClFN6O6. The number of rotatable bonds is 14. The molecule has 0 saturated carbocycles. The zero-order valence-electron chi connectivity index (χ0n) is 35.7. The number of hydrogen-bond donors (Lipinski definition) is 2. The van der Waals surface area contributed by atoms with Crippen LogP contribution in [0.25, 0.3) is 22.4 Å². The molecule has 4 aromatic rings. The number of carbonyl (C=O) groups excluding carboxylic acids is 2. The molecule has 1 aliphatic carbocycles. The van der Waals surface area contributed by atoms with Crippen LogP contribution in [0.15, 0.2) is 52.2 Å². The first kappa shape index (κ1) is 47.4. The largest absolute Gasteiger partial charge is 0.481 e. The number of pyridine rings is 1. The van der Waals surface area contributed by atoms with Gasteiger partial charge in [-0.15, -0.1) is 0 Å². The number of hydrogen-bond acceptors (Lipinski definition) is 7. The summed E-state index contributed by atoms with van der Waals surface area (Å²) in [5.41, 5.74) is 3.47. The number of aryl methyl sites for hydroxylation is 2. The maximum atomic E-state index is 15.3. The van der Waals surface area contributed by atoms with Crippen LogP contribution in [0.1, 0.15) is 86.8 Å². The molecule has 5 rings (SSSR count). The van der Waals surface area contributed by atoms with Crippen molar-refractivity contribution in [2.75, 3.05) is 46.3 Å². The third-order valence-corrected chi connectivity index (χ3v) is 10.7. The lowest BCUT2D eigenvalue weighted by molar-refractivity contribution is 0.102. The molecule has 2 heterocycles. The number of nitrogens with zero attached hydrogens (tertiary/aromatic N) is 4. The fourth-order valence-corrected chi connectivity index (χ4v) is 7.07. The van der Waals surface area contributed by atoms with Crippen molar-refractivity contribution in [2.45, 2.75) is 79.6 Å². The molecule has 0 saturated heterocycles. The van der Waals surface area contributed by atoms with E-state index in [0.29, 0.717) is 47.1 Å². The minimum absolute atomic E-state index is 0.00871. The summed E-state index contributed by atoms with van der Waals surface area (Å²) in [6.45, 7) is 12.3. The van der Waals surface area contributed by atoms with Crippen LogP contribution >= 0.6 is 11.6 Å². The topological polar surface area (TPSA) is 137 Å². The van der Waals surface area contributed by atoms with Gasteiger partial charge in [0.15, 0.2) is 0 Å². The highest BCUT2D eigenvalue weighted by atomic mass is 35.5. The summed E-state index contributed by atoms with van der Waals surface area (Å²) >= 11 is 6.84. The Balaban J connectivity index is 0.000000401. The Kier molecular flexibility index (Phi) is 18.6. The second-order valence-electron chi connectivity index (χ2n) is 14.1. The molecule has 3 amide bonds. The van der Waals surface area contributed by atoms with Crippen molar-refractivity contribution in [3.8, 4) is 28.3 Å². The number of unbranched alkanes of at least 4 members (excludes halogenated alkanes) is 1. The molecule has 0 spiro atoms. The summed E-state index contributed by atoms with van der Waals surface area (Å²) in [6, 6.07) is 9.93. The highest BCUT2D eigenvalue weighted by molar-refractivity contribution is 6.36. The molecule has 1 aliphatic rings. The quantitative estimate of drug-likeness (QED) is 0.123. The predicted octanol–water partition coefficient (Wildman–Crippen LogP) is 8.18. The molecule has 0 radical (unpaired) electrons. The van der Waals surface area contributed by atoms with E-state index in [1.54, 1.807) is 52.5 Å². The Bertz CT molecular complexity index is 2150. The molecule has 1 unspecified atom stereocenters. The molecule has 2 aromatic heterocycles.